The summed E-state index contributed by atoms with van der Waals surface area (Å²) < 4.78 is 0.974. The molecule has 1 aliphatic carbocycles. The minimum Gasteiger partial charge on any atom is -0.480 e. The fraction of sp³-hybridized carbons (Fsp3) is 0.545. The van der Waals surface area contributed by atoms with Crippen molar-refractivity contribution in [1.82, 2.24) is 5.32 Å². The van der Waals surface area contributed by atoms with Gasteiger partial charge in [-0.3, -0.25) is 10.1 Å². The third-order valence-corrected chi connectivity index (χ3v) is 4.57. The van der Waals surface area contributed by atoms with Crippen molar-refractivity contribution in [1.29, 1.82) is 0 Å². The molecule has 0 saturated heterocycles. The lowest BCUT2D eigenvalue weighted by molar-refractivity contribution is -0.139. The second-order valence-corrected chi connectivity index (χ2v) is 6.56. The van der Waals surface area contributed by atoms with Crippen molar-refractivity contribution in [3.8, 4) is 0 Å². The van der Waals surface area contributed by atoms with Crippen LogP contribution in [0.25, 0.3) is 0 Å². The molecule has 0 radical (unpaired) electrons. The average molecular weight is 304 g/mol. The molecule has 3 nitrogen and oxygen atoms in total. The van der Waals surface area contributed by atoms with E-state index in [1.165, 1.54) is 24.2 Å². The van der Waals surface area contributed by atoms with E-state index < -0.39 is 12.0 Å². The molecule has 0 aliphatic heterocycles. The van der Waals surface area contributed by atoms with Crippen LogP contribution < -0.4 is 5.32 Å². The molecular formula is C11H14BrNO2S. The minimum atomic E-state index is -0.791. The zero-order valence-corrected chi connectivity index (χ0v) is 11.2. The van der Waals surface area contributed by atoms with E-state index in [1.807, 2.05) is 12.1 Å². The molecule has 1 unspecified atom stereocenters. The van der Waals surface area contributed by atoms with Gasteiger partial charge >= 0.3 is 5.97 Å². The molecule has 2 N–H and O–H groups in total. The average Bonchev–Trinajstić information content (AvgIpc) is 2.84. The maximum atomic E-state index is 11.2. The van der Waals surface area contributed by atoms with Gasteiger partial charge in [0.25, 0.3) is 0 Å². The third kappa shape index (κ3) is 2.84. The van der Waals surface area contributed by atoms with Crippen molar-refractivity contribution in [2.75, 3.05) is 0 Å². The van der Waals surface area contributed by atoms with Gasteiger partial charge in [0.05, 0.1) is 3.79 Å². The monoisotopic (exact) mass is 303 g/mol. The van der Waals surface area contributed by atoms with Crippen molar-refractivity contribution < 1.29 is 9.90 Å². The van der Waals surface area contributed by atoms with Crippen LogP contribution in [0.1, 0.15) is 36.6 Å². The molecule has 16 heavy (non-hydrogen) atoms. The fourth-order valence-electron chi connectivity index (χ4n) is 2.09. The normalized spacial score (nSPS) is 18.8. The smallest absolute Gasteiger partial charge is 0.326 e. The number of nitrogens with one attached hydrogen (secondary N) is 1. The first-order valence-corrected chi connectivity index (χ1v) is 7.02. The van der Waals surface area contributed by atoms with Crippen LogP contribution in [-0.2, 0) is 4.79 Å². The van der Waals surface area contributed by atoms with Crippen molar-refractivity contribution in [2.45, 2.75) is 37.8 Å². The first kappa shape index (κ1) is 12.1. The number of thiophene rings is 1. The van der Waals surface area contributed by atoms with Crippen LogP contribution in [0, 0.1) is 0 Å². The maximum absolute atomic E-state index is 11.2. The van der Waals surface area contributed by atoms with Gasteiger partial charge in [0.15, 0.2) is 0 Å². The summed E-state index contributed by atoms with van der Waals surface area (Å²) in [7, 11) is 0. The topological polar surface area (TPSA) is 49.3 Å². The molecule has 0 spiro atoms. The van der Waals surface area contributed by atoms with Gasteiger partial charge in [-0.2, -0.15) is 0 Å². The molecule has 1 atom stereocenters. The number of aliphatic carboxylic acids is 1. The molecule has 0 aromatic carbocycles. The van der Waals surface area contributed by atoms with Crippen LogP contribution in [0.2, 0.25) is 0 Å². The second-order valence-electron chi connectivity index (χ2n) is 4.06. The third-order valence-electron chi connectivity index (χ3n) is 2.88. The molecule has 1 aromatic heterocycles. The number of carbonyl (C=O) groups is 1. The number of carboxylic acids is 1. The first-order chi connectivity index (χ1) is 7.66. The predicted octanol–water partition coefficient (Wildman–Crippen LogP) is 3.17. The second kappa shape index (κ2) is 5.29. The Balaban J connectivity index is 2.07. The van der Waals surface area contributed by atoms with Gasteiger partial charge in [-0.05, 0) is 40.9 Å². The highest BCUT2D eigenvalue weighted by Crippen LogP contribution is 2.29. The number of hydrogen-bond acceptors (Lipinski definition) is 3. The fourth-order valence-corrected chi connectivity index (χ4v) is 3.56. The highest BCUT2D eigenvalue weighted by Gasteiger charge is 2.26. The van der Waals surface area contributed by atoms with Gasteiger partial charge < -0.3 is 5.11 Å². The van der Waals surface area contributed by atoms with Crippen LogP contribution in [-0.4, -0.2) is 17.1 Å². The van der Waals surface area contributed by atoms with E-state index in [0.717, 1.165) is 21.5 Å². The highest BCUT2D eigenvalue weighted by atomic mass is 79.9. The molecule has 1 saturated carbocycles. The van der Waals surface area contributed by atoms with E-state index in [1.54, 1.807) is 0 Å². The molecule has 88 valence electrons. The molecule has 0 bridgehead atoms. The quantitative estimate of drug-likeness (QED) is 0.898. The van der Waals surface area contributed by atoms with Gasteiger partial charge in [-0.25, -0.2) is 0 Å². The van der Waals surface area contributed by atoms with Gasteiger partial charge in [0.1, 0.15) is 6.04 Å². The van der Waals surface area contributed by atoms with Crippen molar-refractivity contribution >= 4 is 33.2 Å². The molecule has 5 heteroatoms. The summed E-state index contributed by atoms with van der Waals surface area (Å²) in [4.78, 5) is 12.1. The molecule has 0 amide bonds. The van der Waals surface area contributed by atoms with Crippen molar-refractivity contribution in [3.63, 3.8) is 0 Å². The van der Waals surface area contributed by atoms with Crippen LogP contribution in [0.4, 0.5) is 0 Å². The Hall–Kier alpha value is -0.390. The minimum absolute atomic E-state index is 0.363. The Morgan fingerprint density at radius 2 is 2.19 bits per heavy atom. The predicted molar refractivity (Wildman–Crippen MR) is 67.8 cm³/mol. The van der Waals surface area contributed by atoms with Gasteiger partial charge in [-0.1, -0.05) is 12.8 Å². The molecule has 1 aromatic rings. The standard InChI is InChI=1S/C11H14BrNO2S/c12-9-6-5-8(16-9)10(11(14)15)13-7-3-1-2-4-7/h5-7,10,13H,1-4H2,(H,14,15). The van der Waals surface area contributed by atoms with E-state index in [2.05, 4.69) is 21.2 Å². The summed E-state index contributed by atoms with van der Waals surface area (Å²) in [6, 6.07) is 3.57. The number of rotatable bonds is 4. The molecule has 1 fully saturated rings. The SMILES string of the molecule is O=C(O)C(NC1CCCC1)c1ccc(Br)s1. The lowest BCUT2D eigenvalue weighted by atomic mass is 10.2. The van der Waals surface area contributed by atoms with Crippen molar-refractivity contribution in [2.24, 2.45) is 0 Å². The lowest BCUT2D eigenvalue weighted by Gasteiger charge is -2.18. The molecule has 1 heterocycles. The highest BCUT2D eigenvalue weighted by molar-refractivity contribution is 9.11. The zero-order valence-electron chi connectivity index (χ0n) is 8.78. The van der Waals surface area contributed by atoms with E-state index in [4.69, 9.17) is 0 Å². The Labute approximate surface area is 107 Å². The van der Waals surface area contributed by atoms with Gasteiger partial charge in [0, 0.05) is 10.9 Å². The first-order valence-electron chi connectivity index (χ1n) is 5.41. The van der Waals surface area contributed by atoms with Crippen LogP contribution in [0.15, 0.2) is 15.9 Å². The summed E-state index contributed by atoms with van der Waals surface area (Å²) in [6.07, 6.45) is 4.60. The molecular weight excluding hydrogens is 290 g/mol. The van der Waals surface area contributed by atoms with E-state index in [-0.39, 0.29) is 0 Å². The van der Waals surface area contributed by atoms with Crippen LogP contribution in [0.3, 0.4) is 0 Å². The van der Waals surface area contributed by atoms with Crippen LogP contribution in [0.5, 0.6) is 0 Å². The maximum Gasteiger partial charge on any atom is 0.326 e. The lowest BCUT2D eigenvalue weighted by Crippen LogP contribution is -2.34. The number of hydrogen-bond donors (Lipinski definition) is 2. The Kier molecular flexibility index (Phi) is 4.00. The number of carboxylic acid groups (broad SMARTS) is 1. The Morgan fingerprint density at radius 3 is 2.69 bits per heavy atom. The van der Waals surface area contributed by atoms with Gasteiger partial charge in [-0.15, -0.1) is 11.3 Å². The molecule has 1 aliphatic rings. The van der Waals surface area contributed by atoms with E-state index in [0.29, 0.717) is 6.04 Å². The summed E-state index contributed by atoms with van der Waals surface area (Å²) in [5.41, 5.74) is 0. The van der Waals surface area contributed by atoms with Crippen molar-refractivity contribution in [3.05, 3.63) is 20.8 Å². The summed E-state index contributed by atoms with van der Waals surface area (Å²) in [6.45, 7) is 0. The molecule has 2 rings (SSSR count). The summed E-state index contributed by atoms with van der Waals surface area (Å²) in [5, 5.41) is 12.5. The number of halogens is 1. The van der Waals surface area contributed by atoms with E-state index in [9.17, 15) is 9.90 Å². The summed E-state index contributed by atoms with van der Waals surface area (Å²) in [5.74, 6) is -0.791. The van der Waals surface area contributed by atoms with E-state index >= 15 is 0 Å². The van der Waals surface area contributed by atoms with Crippen LogP contribution >= 0.6 is 27.3 Å². The van der Waals surface area contributed by atoms with Gasteiger partial charge in [0.2, 0.25) is 0 Å². The Bertz CT molecular complexity index is 374. The Morgan fingerprint density at radius 1 is 1.50 bits per heavy atom. The summed E-state index contributed by atoms with van der Waals surface area (Å²) >= 11 is 4.84. The zero-order chi connectivity index (χ0) is 11.5. The largest absolute Gasteiger partial charge is 0.480 e.